The van der Waals surface area contributed by atoms with Crippen LogP contribution in [-0.2, 0) is 16.8 Å². The molecule has 2 atom stereocenters. The SMILES string of the molecule is Cc1sc(=O)n(CC(=O)N2C[C@H]3CCC[C@@]3(c3nc(C(C)C)no3)C2)c1C. The molecule has 0 unspecified atom stereocenters. The molecule has 2 aromatic rings. The van der Waals surface area contributed by atoms with Crippen molar-refractivity contribution in [1.29, 1.82) is 0 Å². The van der Waals surface area contributed by atoms with Gasteiger partial charge in [-0.15, -0.1) is 0 Å². The number of hydrogen-bond donors (Lipinski definition) is 0. The van der Waals surface area contributed by atoms with Crippen molar-refractivity contribution in [3.63, 3.8) is 0 Å². The van der Waals surface area contributed by atoms with Crippen LogP contribution in [0, 0.1) is 19.8 Å². The molecule has 2 fully saturated rings. The van der Waals surface area contributed by atoms with Gasteiger partial charge >= 0.3 is 4.87 Å². The van der Waals surface area contributed by atoms with E-state index in [9.17, 15) is 9.59 Å². The van der Waals surface area contributed by atoms with Crippen molar-refractivity contribution >= 4 is 17.2 Å². The van der Waals surface area contributed by atoms with Crippen LogP contribution >= 0.6 is 11.3 Å². The number of carbonyl (C=O) groups excluding carboxylic acids is 1. The van der Waals surface area contributed by atoms with Crippen LogP contribution in [0.5, 0.6) is 0 Å². The molecule has 3 heterocycles. The van der Waals surface area contributed by atoms with Gasteiger partial charge < -0.3 is 9.42 Å². The van der Waals surface area contributed by atoms with Crippen LogP contribution in [0.3, 0.4) is 0 Å². The van der Waals surface area contributed by atoms with Gasteiger partial charge in [-0.3, -0.25) is 14.2 Å². The predicted molar refractivity (Wildman–Crippen MR) is 102 cm³/mol. The summed E-state index contributed by atoms with van der Waals surface area (Å²) in [4.78, 5) is 32.5. The molecule has 0 bridgehead atoms. The van der Waals surface area contributed by atoms with E-state index in [0.29, 0.717) is 24.9 Å². The Hall–Kier alpha value is -1.96. The summed E-state index contributed by atoms with van der Waals surface area (Å²) in [7, 11) is 0. The summed E-state index contributed by atoms with van der Waals surface area (Å²) in [5, 5.41) is 4.15. The number of aromatic nitrogens is 3. The first-order valence-corrected chi connectivity index (χ1v) is 10.4. The van der Waals surface area contributed by atoms with E-state index in [1.165, 1.54) is 11.3 Å². The fraction of sp³-hybridized carbons (Fsp3) is 0.684. The van der Waals surface area contributed by atoms with Crippen LogP contribution in [0.15, 0.2) is 9.32 Å². The van der Waals surface area contributed by atoms with Crippen molar-refractivity contribution in [3.8, 4) is 0 Å². The quantitative estimate of drug-likeness (QED) is 0.802. The van der Waals surface area contributed by atoms with E-state index in [1.807, 2.05) is 32.6 Å². The van der Waals surface area contributed by atoms with E-state index in [0.717, 1.165) is 35.7 Å². The zero-order chi connectivity index (χ0) is 19.3. The number of likely N-dealkylation sites (tertiary alicyclic amines) is 1. The third-order valence-corrected chi connectivity index (χ3v) is 7.27. The first-order chi connectivity index (χ1) is 12.8. The van der Waals surface area contributed by atoms with Crippen molar-refractivity contribution in [1.82, 2.24) is 19.6 Å². The van der Waals surface area contributed by atoms with Gasteiger partial charge in [0, 0.05) is 29.6 Å². The summed E-state index contributed by atoms with van der Waals surface area (Å²) in [5.41, 5.74) is 0.659. The van der Waals surface area contributed by atoms with E-state index in [2.05, 4.69) is 10.1 Å². The fourth-order valence-electron chi connectivity index (χ4n) is 4.51. The maximum atomic E-state index is 13.0. The molecule has 1 amide bonds. The van der Waals surface area contributed by atoms with Crippen LogP contribution < -0.4 is 4.87 Å². The average Bonchev–Trinajstić information content (AvgIpc) is 3.34. The summed E-state index contributed by atoms with van der Waals surface area (Å²) in [5.74, 6) is 1.98. The maximum absolute atomic E-state index is 13.0. The zero-order valence-electron chi connectivity index (χ0n) is 16.3. The number of aryl methyl sites for hydroxylation is 1. The highest BCUT2D eigenvalue weighted by Crippen LogP contribution is 2.50. The number of amides is 1. The summed E-state index contributed by atoms with van der Waals surface area (Å²) in [6.45, 7) is 9.32. The molecule has 1 saturated carbocycles. The van der Waals surface area contributed by atoms with Gasteiger partial charge in [-0.05, 0) is 32.6 Å². The molecule has 1 aliphatic carbocycles. The second-order valence-electron chi connectivity index (χ2n) is 8.23. The van der Waals surface area contributed by atoms with Gasteiger partial charge in [-0.1, -0.05) is 36.8 Å². The molecule has 0 spiro atoms. The molecule has 2 aliphatic rings. The minimum atomic E-state index is -0.222. The molecule has 4 rings (SSSR count). The molecule has 7 nitrogen and oxygen atoms in total. The molecule has 0 N–H and O–H groups in total. The van der Waals surface area contributed by atoms with Crippen LogP contribution in [0.25, 0.3) is 0 Å². The molecule has 1 saturated heterocycles. The van der Waals surface area contributed by atoms with Crippen molar-refractivity contribution in [2.75, 3.05) is 13.1 Å². The summed E-state index contributed by atoms with van der Waals surface area (Å²) < 4.78 is 7.24. The Morgan fingerprint density at radius 3 is 2.81 bits per heavy atom. The second-order valence-corrected chi connectivity index (χ2v) is 9.39. The lowest BCUT2D eigenvalue weighted by Crippen LogP contribution is -2.37. The normalized spacial score (nSPS) is 24.8. The van der Waals surface area contributed by atoms with Crippen molar-refractivity contribution in [2.45, 2.75) is 64.8 Å². The van der Waals surface area contributed by atoms with Gasteiger partial charge in [0.1, 0.15) is 6.54 Å². The highest BCUT2D eigenvalue weighted by atomic mass is 32.1. The Morgan fingerprint density at radius 2 is 2.19 bits per heavy atom. The molecule has 1 aliphatic heterocycles. The predicted octanol–water partition coefficient (Wildman–Crippen LogP) is 2.61. The molecule has 2 aromatic heterocycles. The van der Waals surface area contributed by atoms with Crippen LogP contribution in [0.4, 0.5) is 0 Å². The molecule has 0 aromatic carbocycles. The van der Waals surface area contributed by atoms with Gasteiger partial charge in [0.25, 0.3) is 0 Å². The van der Waals surface area contributed by atoms with E-state index in [1.54, 1.807) is 4.57 Å². The van der Waals surface area contributed by atoms with E-state index in [-0.39, 0.29) is 28.7 Å². The van der Waals surface area contributed by atoms with Gasteiger partial charge in [-0.2, -0.15) is 4.98 Å². The summed E-state index contributed by atoms with van der Waals surface area (Å²) in [6, 6.07) is 0. The highest BCUT2D eigenvalue weighted by molar-refractivity contribution is 7.09. The number of hydrogen-bond acceptors (Lipinski definition) is 6. The fourth-order valence-corrected chi connectivity index (χ4v) is 5.34. The van der Waals surface area contributed by atoms with Gasteiger partial charge in [0.05, 0.1) is 5.41 Å². The lowest BCUT2D eigenvalue weighted by Gasteiger charge is -2.24. The van der Waals surface area contributed by atoms with Crippen LogP contribution in [-0.4, -0.2) is 38.6 Å². The Balaban J connectivity index is 1.56. The Kier molecular flexibility index (Phi) is 4.49. The average molecular weight is 391 g/mol. The minimum Gasteiger partial charge on any atom is -0.340 e. The number of thiazole rings is 1. The lowest BCUT2D eigenvalue weighted by atomic mass is 9.80. The Bertz CT molecular complexity index is 928. The highest BCUT2D eigenvalue weighted by Gasteiger charge is 2.55. The maximum Gasteiger partial charge on any atom is 0.308 e. The van der Waals surface area contributed by atoms with Crippen molar-refractivity contribution < 1.29 is 9.32 Å². The standard InChI is InChI=1S/C19H26N4O3S/c1-11(2)16-20-17(26-21-16)19-7-5-6-14(19)8-22(10-19)15(24)9-23-12(3)13(4)27-18(23)25/h11,14H,5-10H2,1-4H3/t14-,19-/m1/s1. The Morgan fingerprint density at radius 1 is 1.41 bits per heavy atom. The zero-order valence-corrected chi connectivity index (χ0v) is 17.1. The molecular formula is C19H26N4O3S. The number of rotatable bonds is 4. The summed E-state index contributed by atoms with van der Waals surface area (Å²) in [6.07, 6.45) is 3.16. The smallest absolute Gasteiger partial charge is 0.308 e. The molecular weight excluding hydrogens is 364 g/mol. The lowest BCUT2D eigenvalue weighted by molar-refractivity contribution is -0.131. The molecule has 27 heavy (non-hydrogen) atoms. The monoisotopic (exact) mass is 390 g/mol. The van der Waals surface area contributed by atoms with E-state index >= 15 is 0 Å². The molecule has 0 radical (unpaired) electrons. The van der Waals surface area contributed by atoms with Crippen molar-refractivity contribution in [2.24, 2.45) is 5.92 Å². The largest absolute Gasteiger partial charge is 0.340 e. The van der Waals surface area contributed by atoms with Gasteiger partial charge in [0.15, 0.2) is 5.82 Å². The van der Waals surface area contributed by atoms with Gasteiger partial charge in [0.2, 0.25) is 11.8 Å². The topological polar surface area (TPSA) is 81.2 Å². The molecule has 8 heteroatoms. The third kappa shape index (κ3) is 2.94. The van der Waals surface area contributed by atoms with Crippen LogP contribution in [0.1, 0.15) is 61.3 Å². The first-order valence-electron chi connectivity index (χ1n) is 9.60. The van der Waals surface area contributed by atoms with E-state index in [4.69, 9.17) is 4.52 Å². The number of fused-ring (bicyclic) bond motifs is 1. The van der Waals surface area contributed by atoms with E-state index < -0.39 is 0 Å². The van der Waals surface area contributed by atoms with Crippen LogP contribution in [0.2, 0.25) is 0 Å². The minimum absolute atomic E-state index is 0.00428. The second kappa shape index (κ2) is 6.58. The molecule has 146 valence electrons. The van der Waals surface area contributed by atoms with Crippen molar-refractivity contribution in [3.05, 3.63) is 32.0 Å². The number of nitrogens with zero attached hydrogens (tertiary/aromatic N) is 4. The Labute approximate surface area is 162 Å². The third-order valence-electron chi connectivity index (χ3n) is 6.28. The number of carbonyl (C=O) groups is 1. The first kappa shape index (κ1) is 18.4. The van der Waals surface area contributed by atoms with Gasteiger partial charge in [-0.25, -0.2) is 0 Å². The summed E-state index contributed by atoms with van der Waals surface area (Å²) >= 11 is 1.20.